The maximum atomic E-state index is 11.9. The van der Waals surface area contributed by atoms with Gasteiger partial charge in [-0.05, 0) is 36.6 Å². The smallest absolute Gasteiger partial charge is 0.294 e. The Bertz CT molecular complexity index is 877. The second-order valence-electron chi connectivity index (χ2n) is 7.78. The van der Waals surface area contributed by atoms with Crippen LogP contribution in [0.15, 0.2) is 47.4 Å². The highest BCUT2D eigenvalue weighted by Gasteiger charge is 2.17. The number of phenols is 1. The third-order valence-electron chi connectivity index (χ3n) is 5.17. The largest absolute Gasteiger partial charge is 0.508 e. The first-order chi connectivity index (χ1) is 14.4. The molecule has 5 nitrogen and oxygen atoms in total. The van der Waals surface area contributed by atoms with E-state index in [1.54, 1.807) is 24.3 Å². The molecule has 0 fully saturated rings. The van der Waals surface area contributed by atoms with Crippen molar-refractivity contribution >= 4 is 10.1 Å². The summed E-state index contributed by atoms with van der Waals surface area (Å²) in [5.41, 5.74) is 0.598. The zero-order chi connectivity index (χ0) is 21.8. The lowest BCUT2D eigenvalue weighted by atomic mass is 10.0. The van der Waals surface area contributed by atoms with Gasteiger partial charge in [0.05, 0.1) is 0 Å². The minimum Gasteiger partial charge on any atom is -0.508 e. The van der Waals surface area contributed by atoms with Gasteiger partial charge in [-0.3, -0.25) is 4.55 Å². The first-order valence-corrected chi connectivity index (χ1v) is 12.4. The van der Waals surface area contributed by atoms with Crippen molar-refractivity contribution in [3.63, 3.8) is 0 Å². The van der Waals surface area contributed by atoms with Gasteiger partial charge in [0, 0.05) is 12.1 Å². The summed E-state index contributed by atoms with van der Waals surface area (Å²) in [6.07, 6.45) is 12.7. The van der Waals surface area contributed by atoms with Crippen LogP contribution < -0.4 is 4.74 Å². The Labute approximate surface area is 180 Å². The number of phenolic OH excluding ortho intramolecular Hbond substituents is 1. The summed E-state index contributed by atoms with van der Waals surface area (Å²) < 4.78 is 39.0. The molecule has 166 valence electrons. The van der Waals surface area contributed by atoms with Gasteiger partial charge in [-0.25, -0.2) is 0 Å². The average Bonchev–Trinajstić information content (AvgIpc) is 2.69. The Morgan fingerprint density at radius 1 is 0.800 bits per heavy atom. The molecule has 0 saturated heterocycles. The van der Waals surface area contributed by atoms with Crippen molar-refractivity contribution in [2.45, 2.75) is 82.4 Å². The molecule has 0 aliphatic carbocycles. The molecule has 0 atom stereocenters. The van der Waals surface area contributed by atoms with Crippen LogP contribution in [-0.4, -0.2) is 18.1 Å². The number of hydrogen-bond donors (Lipinski definition) is 2. The summed E-state index contributed by atoms with van der Waals surface area (Å²) in [5.74, 6) is 0.735. The van der Waals surface area contributed by atoms with Crippen LogP contribution in [0.1, 0.15) is 76.7 Å². The molecule has 0 aliphatic rings. The molecule has 2 aromatic carbocycles. The fourth-order valence-electron chi connectivity index (χ4n) is 3.53. The molecular formula is C24H34O5S. The molecule has 0 aromatic heterocycles. The first kappa shape index (κ1) is 24.2. The van der Waals surface area contributed by atoms with Crippen molar-refractivity contribution in [1.82, 2.24) is 0 Å². The maximum Gasteiger partial charge on any atom is 0.294 e. The van der Waals surface area contributed by atoms with Gasteiger partial charge in [0.25, 0.3) is 10.1 Å². The van der Waals surface area contributed by atoms with Crippen molar-refractivity contribution in [2.24, 2.45) is 0 Å². The van der Waals surface area contributed by atoms with Crippen LogP contribution in [0.2, 0.25) is 0 Å². The third-order valence-corrected chi connectivity index (χ3v) is 6.11. The average molecular weight is 435 g/mol. The molecule has 2 N–H and O–H groups in total. The van der Waals surface area contributed by atoms with E-state index in [1.807, 2.05) is 0 Å². The van der Waals surface area contributed by atoms with Crippen LogP contribution in [0.3, 0.4) is 0 Å². The van der Waals surface area contributed by atoms with Gasteiger partial charge in [-0.1, -0.05) is 76.8 Å². The zero-order valence-corrected chi connectivity index (χ0v) is 18.7. The Hall–Kier alpha value is -2.05. The third kappa shape index (κ3) is 8.76. The maximum absolute atomic E-state index is 11.9. The van der Waals surface area contributed by atoms with Gasteiger partial charge in [0.1, 0.15) is 22.1 Å². The lowest BCUT2D eigenvalue weighted by molar-refractivity contribution is 0.452. The molecule has 0 bridgehead atoms. The summed E-state index contributed by atoms with van der Waals surface area (Å²) in [4.78, 5) is -0.115. The summed E-state index contributed by atoms with van der Waals surface area (Å²) in [6, 6.07) is 11.0. The highest BCUT2D eigenvalue weighted by Crippen LogP contribution is 2.29. The molecule has 0 aliphatic heterocycles. The van der Waals surface area contributed by atoms with E-state index in [0.717, 1.165) is 19.3 Å². The molecular weight excluding hydrogens is 400 g/mol. The fourth-order valence-corrected chi connectivity index (χ4v) is 4.30. The van der Waals surface area contributed by atoms with Crippen molar-refractivity contribution in [3.8, 4) is 17.2 Å². The van der Waals surface area contributed by atoms with E-state index in [4.69, 9.17) is 4.74 Å². The van der Waals surface area contributed by atoms with Crippen molar-refractivity contribution in [1.29, 1.82) is 0 Å². The van der Waals surface area contributed by atoms with Gasteiger partial charge in [-0.15, -0.1) is 0 Å². The van der Waals surface area contributed by atoms with Crippen LogP contribution >= 0.6 is 0 Å². The monoisotopic (exact) mass is 434 g/mol. The number of aryl methyl sites for hydroxylation is 1. The Morgan fingerprint density at radius 2 is 1.40 bits per heavy atom. The van der Waals surface area contributed by atoms with E-state index in [9.17, 15) is 18.1 Å². The molecule has 0 saturated carbocycles. The lowest BCUT2D eigenvalue weighted by Gasteiger charge is -2.11. The van der Waals surface area contributed by atoms with E-state index < -0.39 is 10.1 Å². The van der Waals surface area contributed by atoms with Crippen LogP contribution in [-0.2, 0) is 16.5 Å². The van der Waals surface area contributed by atoms with Gasteiger partial charge in [0.15, 0.2) is 0 Å². The minimum absolute atomic E-state index is 0.0556. The summed E-state index contributed by atoms with van der Waals surface area (Å²) in [7, 11) is -4.35. The highest BCUT2D eigenvalue weighted by atomic mass is 32.2. The molecule has 2 rings (SSSR count). The second kappa shape index (κ2) is 12.6. The molecule has 30 heavy (non-hydrogen) atoms. The number of benzene rings is 2. The Balaban J connectivity index is 1.85. The number of unbranched alkanes of at least 4 members (excludes halogenated alkanes) is 9. The summed E-state index contributed by atoms with van der Waals surface area (Å²) >= 11 is 0. The quantitative estimate of drug-likeness (QED) is 0.250. The molecule has 0 spiro atoms. The van der Waals surface area contributed by atoms with Crippen LogP contribution in [0, 0.1) is 0 Å². The minimum atomic E-state index is -4.35. The molecule has 0 radical (unpaired) electrons. The topological polar surface area (TPSA) is 83.8 Å². The van der Waals surface area contributed by atoms with Crippen LogP contribution in [0.4, 0.5) is 0 Å². The predicted molar refractivity (Wildman–Crippen MR) is 120 cm³/mol. The molecule has 0 amide bonds. The van der Waals surface area contributed by atoms with Gasteiger partial charge in [-0.2, -0.15) is 8.42 Å². The molecule has 2 aromatic rings. The van der Waals surface area contributed by atoms with Gasteiger partial charge < -0.3 is 9.84 Å². The van der Waals surface area contributed by atoms with E-state index in [1.165, 1.54) is 63.1 Å². The number of ether oxygens (including phenoxy) is 1. The second-order valence-corrected chi connectivity index (χ2v) is 9.17. The number of rotatable bonds is 14. The normalized spacial score (nSPS) is 11.5. The summed E-state index contributed by atoms with van der Waals surface area (Å²) in [5, 5.41) is 9.53. The molecule has 6 heteroatoms. The van der Waals surface area contributed by atoms with E-state index >= 15 is 0 Å². The molecule has 0 unspecified atom stereocenters. The number of aromatic hydroxyl groups is 1. The van der Waals surface area contributed by atoms with E-state index in [-0.39, 0.29) is 10.6 Å². The van der Waals surface area contributed by atoms with E-state index in [0.29, 0.717) is 23.5 Å². The lowest BCUT2D eigenvalue weighted by Crippen LogP contribution is -2.04. The van der Waals surface area contributed by atoms with Crippen LogP contribution in [0.25, 0.3) is 0 Å². The SMILES string of the molecule is CCCCCCCCCCCCc1ccc(Oc2cccc(O)c2)cc1S(=O)(=O)O. The predicted octanol–water partition coefficient (Wildman–Crippen LogP) is 6.89. The van der Waals surface area contributed by atoms with Gasteiger partial charge in [0.2, 0.25) is 0 Å². The van der Waals surface area contributed by atoms with Crippen molar-refractivity contribution < 1.29 is 22.8 Å². The van der Waals surface area contributed by atoms with E-state index in [2.05, 4.69) is 6.92 Å². The zero-order valence-electron chi connectivity index (χ0n) is 17.8. The number of hydrogen-bond acceptors (Lipinski definition) is 4. The highest BCUT2D eigenvalue weighted by molar-refractivity contribution is 7.85. The first-order valence-electron chi connectivity index (χ1n) is 11.0. The van der Waals surface area contributed by atoms with Crippen molar-refractivity contribution in [3.05, 3.63) is 48.0 Å². The molecule has 0 heterocycles. The summed E-state index contributed by atoms with van der Waals surface area (Å²) in [6.45, 7) is 2.23. The standard InChI is InChI=1S/C24H34O5S/c1-2-3-4-5-6-7-8-9-10-11-13-20-16-17-23(19-24(20)30(26,27)28)29-22-15-12-14-21(25)18-22/h12,14-19,25H,2-11,13H2,1H3,(H,26,27,28). The van der Waals surface area contributed by atoms with Crippen molar-refractivity contribution in [2.75, 3.05) is 0 Å². The van der Waals surface area contributed by atoms with Crippen LogP contribution in [0.5, 0.6) is 17.2 Å². The van der Waals surface area contributed by atoms with Gasteiger partial charge >= 0.3 is 0 Å². The Morgan fingerprint density at radius 3 is 2.00 bits per heavy atom. The Kier molecular flexibility index (Phi) is 10.2. The fraction of sp³-hybridized carbons (Fsp3) is 0.500.